The lowest BCUT2D eigenvalue weighted by atomic mass is 9.99. The molecule has 0 unspecified atom stereocenters. The normalized spacial score (nSPS) is 10.6. The summed E-state index contributed by atoms with van der Waals surface area (Å²) in [7, 11) is 0. The Hall–Kier alpha value is -2.59. The lowest BCUT2D eigenvalue weighted by Crippen LogP contribution is -2.13. The molecule has 1 heterocycles. The van der Waals surface area contributed by atoms with Crippen LogP contribution in [-0.4, -0.2) is 21.7 Å². The number of nitrogens with zero attached hydrogens (tertiary/aromatic N) is 2. The lowest BCUT2D eigenvalue weighted by Gasteiger charge is -2.18. The summed E-state index contributed by atoms with van der Waals surface area (Å²) in [5.41, 5.74) is 3.07. The highest BCUT2D eigenvalue weighted by Gasteiger charge is 2.24. The van der Waals surface area contributed by atoms with Crippen molar-refractivity contribution in [3.63, 3.8) is 0 Å². The largest absolute Gasteiger partial charge is 0.367 e. The van der Waals surface area contributed by atoms with Crippen molar-refractivity contribution < 1.29 is 4.74 Å². The number of hydrogen-bond acceptors (Lipinski definition) is 3. The second kappa shape index (κ2) is 8.49. The monoisotopic (exact) mass is 349 g/mol. The molecule has 0 bridgehead atoms. The Bertz CT molecular complexity index is 856. The third kappa shape index (κ3) is 4.09. The molecule has 0 aliphatic carbocycles. The number of imidazole rings is 1. The minimum atomic E-state index is 0.597. The van der Waals surface area contributed by atoms with Gasteiger partial charge in [0, 0.05) is 30.8 Å². The summed E-state index contributed by atoms with van der Waals surface area (Å²) in [5, 5.41) is 2.79. The topological polar surface area (TPSA) is 40.9 Å². The van der Waals surface area contributed by atoms with Gasteiger partial charge in [-0.2, -0.15) is 0 Å². The van der Waals surface area contributed by atoms with E-state index in [1.807, 2.05) is 49.4 Å². The highest BCUT2D eigenvalue weighted by atomic mass is 32.1. The van der Waals surface area contributed by atoms with E-state index >= 15 is 0 Å². The van der Waals surface area contributed by atoms with Crippen molar-refractivity contribution in [2.24, 2.45) is 0 Å². The van der Waals surface area contributed by atoms with Crippen molar-refractivity contribution in [2.45, 2.75) is 13.3 Å². The fraction of sp³-hybridized carbons (Fsp3) is 0.150. The highest BCUT2D eigenvalue weighted by Crippen LogP contribution is 2.31. The van der Waals surface area contributed by atoms with Crippen molar-refractivity contribution in [3.05, 3.63) is 84.4 Å². The van der Waals surface area contributed by atoms with Gasteiger partial charge in [0.15, 0.2) is 5.16 Å². The van der Waals surface area contributed by atoms with E-state index in [-0.39, 0.29) is 0 Å². The van der Waals surface area contributed by atoms with Gasteiger partial charge in [0.2, 0.25) is 6.33 Å². The Labute approximate surface area is 152 Å². The van der Waals surface area contributed by atoms with E-state index in [0.717, 1.165) is 17.4 Å². The van der Waals surface area contributed by atoms with E-state index in [9.17, 15) is 0 Å². The molecule has 1 N–H and O–H groups in total. The van der Waals surface area contributed by atoms with Gasteiger partial charge in [-0.1, -0.05) is 48.5 Å². The summed E-state index contributed by atoms with van der Waals surface area (Å²) in [6.45, 7) is 2.59. The molecular formula is C20H19N3OS+. The van der Waals surface area contributed by atoms with E-state index in [1.54, 1.807) is 17.1 Å². The van der Waals surface area contributed by atoms with Crippen LogP contribution in [-0.2, 0) is 11.2 Å². The van der Waals surface area contributed by atoms with Gasteiger partial charge in [-0.25, -0.2) is 0 Å². The Morgan fingerprint density at radius 1 is 1.16 bits per heavy atom. The Morgan fingerprint density at radius 2 is 1.92 bits per heavy atom. The van der Waals surface area contributed by atoms with Crippen LogP contribution < -0.4 is 4.58 Å². The number of aromatic nitrogens is 2. The zero-order valence-electron chi connectivity index (χ0n) is 14.0. The molecule has 1 aromatic heterocycles. The van der Waals surface area contributed by atoms with Gasteiger partial charge in [0.1, 0.15) is 18.0 Å². The summed E-state index contributed by atoms with van der Waals surface area (Å²) < 4.78 is 7.74. The molecule has 3 aromatic rings. The highest BCUT2D eigenvalue weighted by molar-refractivity contribution is 7.78. The van der Waals surface area contributed by atoms with Gasteiger partial charge < -0.3 is 9.72 Å². The first-order valence-corrected chi connectivity index (χ1v) is 8.53. The molecule has 5 heteroatoms. The number of para-hydroxylation sites is 1. The summed E-state index contributed by atoms with van der Waals surface area (Å²) in [5.74, 6) is 0.693. The SMILES string of the molecule is CCO[C](Cc1ccccc1)c1ccccc1[N+](=C=S)c1c[nH]cn1. The van der Waals surface area contributed by atoms with Crippen LogP contribution in [0.2, 0.25) is 0 Å². The van der Waals surface area contributed by atoms with E-state index in [4.69, 9.17) is 17.0 Å². The van der Waals surface area contributed by atoms with Gasteiger partial charge >= 0.3 is 5.82 Å². The van der Waals surface area contributed by atoms with Gasteiger partial charge in [-0.3, -0.25) is 0 Å². The van der Waals surface area contributed by atoms with Crippen molar-refractivity contribution in [3.8, 4) is 0 Å². The number of nitrogens with one attached hydrogen (secondary N) is 1. The maximum atomic E-state index is 5.98. The summed E-state index contributed by atoms with van der Waals surface area (Å²) >= 11 is 5.12. The van der Waals surface area contributed by atoms with Crippen molar-refractivity contribution >= 4 is 28.9 Å². The number of isothiocyanates is 1. The zero-order chi connectivity index (χ0) is 17.5. The van der Waals surface area contributed by atoms with E-state index < -0.39 is 0 Å². The summed E-state index contributed by atoms with van der Waals surface area (Å²) in [4.78, 5) is 7.24. The smallest absolute Gasteiger partial charge is 0.354 e. The predicted molar refractivity (Wildman–Crippen MR) is 103 cm³/mol. The molecule has 0 fully saturated rings. The molecule has 0 aliphatic rings. The second-order valence-electron chi connectivity index (χ2n) is 5.39. The number of rotatable bonds is 7. The molecular weight excluding hydrogens is 330 g/mol. The fourth-order valence-corrected chi connectivity index (χ4v) is 2.87. The molecule has 4 nitrogen and oxygen atoms in total. The maximum Gasteiger partial charge on any atom is 0.354 e. The van der Waals surface area contributed by atoms with Crippen LogP contribution in [0.3, 0.4) is 0 Å². The molecule has 3 rings (SSSR count). The van der Waals surface area contributed by atoms with Crippen molar-refractivity contribution in [2.75, 3.05) is 6.61 Å². The average Bonchev–Trinajstić information content (AvgIpc) is 3.18. The standard InChI is InChI=1S/C20H19N3OS/c1-2-24-19(12-16-8-4-3-5-9-16)17-10-6-7-11-18(17)23(15-25)20-13-21-14-22-20/h3-11,13-14H,2,12H2,1H3,(H,21,22)/q+1. The van der Waals surface area contributed by atoms with Crippen LogP contribution >= 0.6 is 12.2 Å². The molecule has 0 aliphatic heterocycles. The van der Waals surface area contributed by atoms with E-state index in [2.05, 4.69) is 27.3 Å². The lowest BCUT2D eigenvalue weighted by molar-refractivity contribution is 0.171. The first-order valence-electron chi connectivity index (χ1n) is 8.12. The molecule has 0 amide bonds. The van der Waals surface area contributed by atoms with Crippen molar-refractivity contribution in [1.29, 1.82) is 0 Å². The molecule has 0 spiro atoms. The first kappa shape index (κ1) is 17.2. The molecule has 0 saturated heterocycles. The maximum absolute atomic E-state index is 5.98. The third-order valence-corrected chi connectivity index (χ3v) is 3.96. The first-order chi connectivity index (χ1) is 12.3. The second-order valence-corrected chi connectivity index (χ2v) is 5.57. The van der Waals surface area contributed by atoms with E-state index in [0.29, 0.717) is 18.8 Å². The van der Waals surface area contributed by atoms with Gasteiger partial charge in [-0.15, -0.1) is 4.58 Å². The Morgan fingerprint density at radius 3 is 2.60 bits per heavy atom. The number of ether oxygens (including phenoxy) is 1. The Balaban J connectivity index is 2.01. The number of benzene rings is 2. The van der Waals surface area contributed by atoms with Gasteiger partial charge in [0.05, 0.1) is 0 Å². The minimum absolute atomic E-state index is 0.597. The van der Waals surface area contributed by atoms with E-state index in [1.165, 1.54) is 5.56 Å². The molecule has 1 radical (unpaired) electrons. The number of H-pyrrole nitrogens is 1. The van der Waals surface area contributed by atoms with Crippen LogP contribution in [0.15, 0.2) is 67.1 Å². The summed E-state index contributed by atoms with van der Waals surface area (Å²) in [6, 6.07) is 18.3. The van der Waals surface area contributed by atoms with Crippen LogP contribution in [0.25, 0.3) is 0 Å². The third-order valence-electron chi connectivity index (χ3n) is 3.78. The number of aromatic amines is 1. The molecule has 125 valence electrons. The quantitative estimate of drug-likeness (QED) is 0.388. The number of hydrogen-bond donors (Lipinski definition) is 1. The van der Waals surface area contributed by atoms with Crippen LogP contribution in [0.5, 0.6) is 0 Å². The van der Waals surface area contributed by atoms with Gasteiger partial charge in [-0.05, 0) is 23.5 Å². The number of thiocarbonyl (C=S) groups is 1. The molecule has 2 aromatic carbocycles. The average molecular weight is 349 g/mol. The van der Waals surface area contributed by atoms with Crippen molar-refractivity contribution in [1.82, 2.24) is 14.5 Å². The Kier molecular flexibility index (Phi) is 5.86. The molecule has 0 atom stereocenters. The molecule has 25 heavy (non-hydrogen) atoms. The predicted octanol–water partition coefficient (Wildman–Crippen LogP) is 4.51. The fourth-order valence-electron chi connectivity index (χ4n) is 2.68. The minimum Gasteiger partial charge on any atom is -0.367 e. The van der Waals surface area contributed by atoms with Gasteiger partial charge in [0.25, 0.3) is 0 Å². The van der Waals surface area contributed by atoms with Crippen LogP contribution in [0.1, 0.15) is 18.1 Å². The zero-order valence-corrected chi connectivity index (χ0v) is 14.8. The van der Waals surface area contributed by atoms with Crippen LogP contribution in [0, 0.1) is 6.10 Å². The van der Waals surface area contributed by atoms with Crippen LogP contribution in [0.4, 0.5) is 11.5 Å². The molecule has 0 saturated carbocycles. The summed E-state index contributed by atoms with van der Waals surface area (Å²) in [6.07, 6.45) is 5.01.